The maximum absolute atomic E-state index is 12.2. The number of benzene rings is 1. The van der Waals surface area contributed by atoms with Gasteiger partial charge in [-0.2, -0.15) is 0 Å². The Hall–Kier alpha value is -2.28. The van der Waals surface area contributed by atoms with Crippen LogP contribution in [0.5, 0.6) is 0 Å². The van der Waals surface area contributed by atoms with Crippen LogP contribution in [0, 0.1) is 6.92 Å². The maximum Gasteiger partial charge on any atom is 0.339 e. The number of nitrogens with zero attached hydrogens (tertiary/aromatic N) is 2. The fourth-order valence-electron chi connectivity index (χ4n) is 1.73. The van der Waals surface area contributed by atoms with Gasteiger partial charge in [0.2, 0.25) is 0 Å². The number of rotatable bonds is 6. The van der Waals surface area contributed by atoms with Crippen molar-refractivity contribution in [2.24, 2.45) is 0 Å². The molecule has 23 heavy (non-hydrogen) atoms. The van der Waals surface area contributed by atoms with Crippen molar-refractivity contribution in [1.82, 2.24) is 10.1 Å². The van der Waals surface area contributed by atoms with Gasteiger partial charge in [0.05, 0.1) is 11.3 Å². The highest BCUT2D eigenvalue weighted by atomic mass is 32.2. The molecular formula is C16H18N2O4S. The van der Waals surface area contributed by atoms with Gasteiger partial charge in [-0.1, -0.05) is 17.3 Å². The van der Waals surface area contributed by atoms with Gasteiger partial charge in [-0.3, -0.25) is 4.79 Å². The third-order valence-electron chi connectivity index (χ3n) is 2.98. The molecule has 1 amide bonds. The second kappa shape index (κ2) is 7.82. The van der Waals surface area contributed by atoms with E-state index in [1.807, 2.05) is 25.1 Å². The van der Waals surface area contributed by atoms with Crippen molar-refractivity contribution >= 4 is 23.6 Å². The van der Waals surface area contributed by atoms with Crippen LogP contribution >= 0.6 is 11.8 Å². The Bertz CT molecular complexity index is 697. The van der Waals surface area contributed by atoms with Crippen molar-refractivity contribution in [3.63, 3.8) is 0 Å². The molecular weight excluding hydrogens is 316 g/mol. The van der Waals surface area contributed by atoms with Gasteiger partial charge in [0, 0.05) is 30.8 Å². The minimum Gasteiger partial charge on any atom is -0.452 e. The monoisotopic (exact) mass is 334 g/mol. The number of likely N-dealkylation sites (N-methyl/N-ethyl adjacent to an activating group) is 1. The van der Waals surface area contributed by atoms with Gasteiger partial charge in [-0.15, -0.1) is 11.8 Å². The summed E-state index contributed by atoms with van der Waals surface area (Å²) in [6, 6.07) is 8.97. The molecule has 0 radical (unpaired) electrons. The molecule has 0 fully saturated rings. The van der Waals surface area contributed by atoms with Gasteiger partial charge in [-0.25, -0.2) is 4.79 Å². The van der Waals surface area contributed by atoms with Gasteiger partial charge in [0.25, 0.3) is 5.91 Å². The van der Waals surface area contributed by atoms with Gasteiger partial charge in [0.1, 0.15) is 5.76 Å². The van der Waals surface area contributed by atoms with Crippen LogP contribution in [0.15, 0.2) is 39.8 Å². The SMILES string of the molecule is Cc1cc(CSc2ccccc2C(=O)OCC(=O)N(C)C)no1. The molecule has 2 aromatic rings. The number of amides is 1. The van der Waals surface area contributed by atoms with Crippen LogP contribution in [0.4, 0.5) is 0 Å². The van der Waals surface area contributed by atoms with Crippen molar-refractivity contribution in [3.8, 4) is 0 Å². The minimum absolute atomic E-state index is 0.262. The molecule has 0 aliphatic heterocycles. The third kappa shape index (κ3) is 4.85. The highest BCUT2D eigenvalue weighted by molar-refractivity contribution is 7.98. The Morgan fingerprint density at radius 3 is 2.70 bits per heavy atom. The second-order valence-electron chi connectivity index (χ2n) is 5.08. The number of ether oxygens (including phenoxy) is 1. The molecule has 122 valence electrons. The number of carbonyl (C=O) groups excluding carboxylic acids is 2. The standard InChI is InChI=1S/C16H18N2O4S/c1-11-8-12(17-22-11)10-23-14-7-5-4-6-13(14)16(20)21-9-15(19)18(2)3/h4-8H,9-10H2,1-3H3. The number of esters is 1. The highest BCUT2D eigenvalue weighted by Gasteiger charge is 2.15. The Kier molecular flexibility index (Phi) is 5.81. The lowest BCUT2D eigenvalue weighted by Crippen LogP contribution is -2.27. The van der Waals surface area contributed by atoms with E-state index < -0.39 is 5.97 Å². The Morgan fingerprint density at radius 1 is 1.30 bits per heavy atom. The first-order valence-electron chi connectivity index (χ1n) is 6.98. The second-order valence-corrected chi connectivity index (χ2v) is 6.10. The molecule has 0 aliphatic rings. The molecule has 0 spiro atoms. The molecule has 0 unspecified atom stereocenters. The summed E-state index contributed by atoms with van der Waals surface area (Å²) in [4.78, 5) is 25.8. The van der Waals surface area contributed by atoms with E-state index in [1.54, 1.807) is 26.2 Å². The summed E-state index contributed by atoms with van der Waals surface area (Å²) in [5.41, 5.74) is 1.24. The van der Waals surface area contributed by atoms with E-state index in [2.05, 4.69) is 5.16 Å². The number of carbonyl (C=O) groups is 2. The summed E-state index contributed by atoms with van der Waals surface area (Å²) in [6.07, 6.45) is 0. The summed E-state index contributed by atoms with van der Waals surface area (Å²) in [5.74, 6) is 0.551. The Balaban J connectivity index is 2.01. The fraction of sp³-hybridized carbons (Fsp3) is 0.312. The van der Waals surface area contributed by atoms with Crippen molar-refractivity contribution in [3.05, 3.63) is 47.3 Å². The van der Waals surface area contributed by atoms with Gasteiger partial charge in [0.15, 0.2) is 6.61 Å². The van der Waals surface area contributed by atoms with Gasteiger partial charge < -0.3 is 14.2 Å². The number of aryl methyl sites for hydroxylation is 1. The molecule has 2 rings (SSSR count). The molecule has 0 N–H and O–H groups in total. The van der Waals surface area contributed by atoms with Crippen LogP contribution in [0.25, 0.3) is 0 Å². The molecule has 7 heteroatoms. The molecule has 0 saturated heterocycles. The average molecular weight is 334 g/mol. The van der Waals surface area contributed by atoms with Crippen molar-refractivity contribution < 1.29 is 18.8 Å². The van der Waals surface area contributed by atoms with Crippen molar-refractivity contribution in [2.75, 3.05) is 20.7 Å². The van der Waals surface area contributed by atoms with E-state index in [-0.39, 0.29) is 12.5 Å². The number of hydrogen-bond acceptors (Lipinski definition) is 6. The highest BCUT2D eigenvalue weighted by Crippen LogP contribution is 2.26. The number of aromatic nitrogens is 1. The molecule has 1 aromatic heterocycles. The van der Waals surface area contributed by atoms with Crippen LogP contribution in [-0.4, -0.2) is 42.6 Å². The van der Waals surface area contributed by atoms with Gasteiger partial charge >= 0.3 is 5.97 Å². The topological polar surface area (TPSA) is 72.6 Å². The normalized spacial score (nSPS) is 10.4. The quantitative estimate of drug-likeness (QED) is 0.597. The van der Waals surface area contributed by atoms with Crippen molar-refractivity contribution in [2.45, 2.75) is 17.6 Å². The molecule has 1 heterocycles. The summed E-state index contributed by atoms with van der Waals surface area (Å²) < 4.78 is 10.1. The summed E-state index contributed by atoms with van der Waals surface area (Å²) >= 11 is 1.46. The zero-order chi connectivity index (χ0) is 16.8. The third-order valence-corrected chi connectivity index (χ3v) is 4.09. The molecule has 1 aromatic carbocycles. The lowest BCUT2D eigenvalue weighted by molar-refractivity contribution is -0.131. The van der Waals surface area contributed by atoms with Crippen LogP contribution in [0.2, 0.25) is 0 Å². The fourth-order valence-corrected chi connectivity index (χ4v) is 2.65. The minimum atomic E-state index is -0.514. The Morgan fingerprint density at radius 2 is 2.04 bits per heavy atom. The summed E-state index contributed by atoms with van der Waals surface area (Å²) in [5, 5.41) is 3.92. The molecule has 0 saturated carbocycles. The molecule has 0 aliphatic carbocycles. The first-order valence-corrected chi connectivity index (χ1v) is 7.97. The maximum atomic E-state index is 12.2. The molecule has 6 nitrogen and oxygen atoms in total. The predicted molar refractivity (Wildman–Crippen MR) is 86.2 cm³/mol. The molecule has 0 atom stereocenters. The van der Waals surface area contributed by atoms with Crippen LogP contribution < -0.4 is 0 Å². The largest absolute Gasteiger partial charge is 0.452 e. The van der Waals surface area contributed by atoms with E-state index in [0.29, 0.717) is 11.3 Å². The summed E-state index contributed by atoms with van der Waals surface area (Å²) in [6.45, 7) is 1.56. The number of thioether (sulfide) groups is 1. The lowest BCUT2D eigenvalue weighted by Gasteiger charge is -2.11. The van der Waals surface area contributed by atoms with Gasteiger partial charge in [-0.05, 0) is 19.1 Å². The average Bonchev–Trinajstić information content (AvgIpc) is 2.96. The number of hydrogen-bond donors (Lipinski definition) is 0. The van der Waals surface area contributed by atoms with E-state index in [0.717, 1.165) is 16.3 Å². The Labute approximate surface area is 138 Å². The zero-order valence-electron chi connectivity index (χ0n) is 13.2. The molecule has 0 bridgehead atoms. The first-order chi connectivity index (χ1) is 11.0. The first kappa shape index (κ1) is 17.1. The van der Waals surface area contributed by atoms with Crippen molar-refractivity contribution in [1.29, 1.82) is 0 Å². The van der Waals surface area contributed by atoms with E-state index >= 15 is 0 Å². The van der Waals surface area contributed by atoms with Crippen LogP contribution in [0.3, 0.4) is 0 Å². The smallest absolute Gasteiger partial charge is 0.339 e. The lowest BCUT2D eigenvalue weighted by atomic mass is 10.2. The van der Waals surface area contributed by atoms with Crippen LogP contribution in [0.1, 0.15) is 21.8 Å². The van der Waals surface area contributed by atoms with E-state index in [1.165, 1.54) is 16.7 Å². The zero-order valence-corrected chi connectivity index (χ0v) is 14.1. The predicted octanol–water partition coefficient (Wildman–Crippen LogP) is 2.52. The summed E-state index contributed by atoms with van der Waals surface area (Å²) in [7, 11) is 3.22. The van der Waals surface area contributed by atoms with E-state index in [9.17, 15) is 9.59 Å². The van der Waals surface area contributed by atoms with Crippen LogP contribution in [-0.2, 0) is 15.3 Å². The van der Waals surface area contributed by atoms with E-state index in [4.69, 9.17) is 9.26 Å².